The summed E-state index contributed by atoms with van der Waals surface area (Å²) in [6.07, 6.45) is 5.24. The molecule has 1 saturated heterocycles. The van der Waals surface area contributed by atoms with E-state index in [-0.39, 0.29) is 18.6 Å². The molecule has 1 fully saturated rings. The standard InChI is InChI=1S/C21H26N2O4/c1-17-4-6-18(7-5-17)27-16-21(24)23-11-8-19(9-12-23)25-13-14-26-20-3-2-10-22-15-20/h2-7,10,15,19H,8-9,11-14,16H2,1H3. The molecule has 0 atom stereocenters. The van der Waals surface area contributed by atoms with Gasteiger partial charge in [-0.1, -0.05) is 17.7 Å². The number of piperidine rings is 1. The highest BCUT2D eigenvalue weighted by Crippen LogP contribution is 2.16. The molecule has 1 aliphatic rings. The van der Waals surface area contributed by atoms with Crippen LogP contribution in [-0.4, -0.2) is 54.8 Å². The molecule has 1 aliphatic heterocycles. The zero-order valence-electron chi connectivity index (χ0n) is 15.7. The first-order valence-electron chi connectivity index (χ1n) is 9.32. The first-order valence-corrected chi connectivity index (χ1v) is 9.32. The second-order valence-corrected chi connectivity index (χ2v) is 6.59. The zero-order chi connectivity index (χ0) is 18.9. The van der Waals surface area contributed by atoms with Crippen LogP contribution >= 0.6 is 0 Å². The molecular weight excluding hydrogens is 344 g/mol. The highest BCUT2D eigenvalue weighted by atomic mass is 16.5. The maximum Gasteiger partial charge on any atom is 0.260 e. The Kier molecular flexibility index (Phi) is 7.04. The highest BCUT2D eigenvalue weighted by Gasteiger charge is 2.23. The van der Waals surface area contributed by atoms with Gasteiger partial charge in [-0.15, -0.1) is 0 Å². The molecule has 2 aromatic rings. The van der Waals surface area contributed by atoms with E-state index in [1.54, 1.807) is 12.4 Å². The van der Waals surface area contributed by atoms with Crippen LogP contribution in [0.1, 0.15) is 18.4 Å². The Bertz CT molecular complexity index is 698. The van der Waals surface area contributed by atoms with E-state index in [1.807, 2.05) is 48.2 Å². The average molecular weight is 370 g/mol. The van der Waals surface area contributed by atoms with Crippen molar-refractivity contribution in [2.24, 2.45) is 0 Å². The molecule has 0 radical (unpaired) electrons. The van der Waals surface area contributed by atoms with Gasteiger partial charge < -0.3 is 19.1 Å². The van der Waals surface area contributed by atoms with Gasteiger partial charge >= 0.3 is 0 Å². The molecule has 0 saturated carbocycles. The number of aromatic nitrogens is 1. The Morgan fingerprint density at radius 2 is 1.85 bits per heavy atom. The number of rotatable bonds is 8. The molecule has 0 spiro atoms. The van der Waals surface area contributed by atoms with E-state index >= 15 is 0 Å². The molecule has 0 unspecified atom stereocenters. The van der Waals surface area contributed by atoms with E-state index in [1.165, 1.54) is 5.56 Å². The maximum atomic E-state index is 12.3. The number of carbonyl (C=O) groups is 1. The fourth-order valence-electron chi connectivity index (χ4n) is 2.95. The summed E-state index contributed by atoms with van der Waals surface area (Å²) in [7, 11) is 0. The summed E-state index contributed by atoms with van der Waals surface area (Å²) in [5.41, 5.74) is 1.17. The number of amides is 1. The lowest BCUT2D eigenvalue weighted by atomic mass is 10.1. The number of pyridine rings is 1. The van der Waals surface area contributed by atoms with Gasteiger partial charge in [0, 0.05) is 19.3 Å². The van der Waals surface area contributed by atoms with Crippen molar-refractivity contribution in [1.29, 1.82) is 0 Å². The molecule has 2 heterocycles. The zero-order valence-corrected chi connectivity index (χ0v) is 15.7. The summed E-state index contributed by atoms with van der Waals surface area (Å²) >= 11 is 0. The van der Waals surface area contributed by atoms with Gasteiger partial charge in [0.1, 0.15) is 18.1 Å². The van der Waals surface area contributed by atoms with Crippen LogP contribution in [0.2, 0.25) is 0 Å². The second-order valence-electron chi connectivity index (χ2n) is 6.59. The van der Waals surface area contributed by atoms with Gasteiger partial charge in [0.15, 0.2) is 6.61 Å². The predicted octanol–water partition coefficient (Wildman–Crippen LogP) is 2.86. The Morgan fingerprint density at radius 1 is 1.07 bits per heavy atom. The monoisotopic (exact) mass is 370 g/mol. The molecule has 0 bridgehead atoms. The van der Waals surface area contributed by atoms with Crippen LogP contribution < -0.4 is 9.47 Å². The van der Waals surface area contributed by atoms with E-state index in [0.29, 0.717) is 26.3 Å². The van der Waals surface area contributed by atoms with Crippen molar-refractivity contribution in [3.05, 3.63) is 54.4 Å². The van der Waals surface area contributed by atoms with Crippen LogP contribution in [0.4, 0.5) is 0 Å². The molecule has 27 heavy (non-hydrogen) atoms. The Balaban J connectivity index is 1.30. The quantitative estimate of drug-likeness (QED) is 0.669. The highest BCUT2D eigenvalue weighted by molar-refractivity contribution is 5.77. The minimum Gasteiger partial charge on any atom is -0.490 e. The largest absolute Gasteiger partial charge is 0.490 e. The summed E-state index contributed by atoms with van der Waals surface area (Å²) in [4.78, 5) is 18.1. The summed E-state index contributed by atoms with van der Waals surface area (Å²) in [5.74, 6) is 1.49. The Morgan fingerprint density at radius 3 is 2.56 bits per heavy atom. The lowest BCUT2D eigenvalue weighted by Gasteiger charge is -2.31. The molecular formula is C21H26N2O4. The fourth-order valence-corrected chi connectivity index (χ4v) is 2.95. The van der Waals surface area contributed by atoms with Crippen LogP contribution in [0.25, 0.3) is 0 Å². The van der Waals surface area contributed by atoms with Crippen molar-refractivity contribution in [1.82, 2.24) is 9.88 Å². The van der Waals surface area contributed by atoms with Crippen molar-refractivity contribution >= 4 is 5.91 Å². The van der Waals surface area contributed by atoms with Gasteiger partial charge in [-0.05, 0) is 44.0 Å². The summed E-state index contributed by atoms with van der Waals surface area (Å²) in [6, 6.07) is 11.4. The Labute approximate surface area is 160 Å². The smallest absolute Gasteiger partial charge is 0.260 e. The van der Waals surface area contributed by atoms with E-state index in [0.717, 1.165) is 24.3 Å². The van der Waals surface area contributed by atoms with Crippen LogP contribution in [0.15, 0.2) is 48.8 Å². The SMILES string of the molecule is Cc1ccc(OCC(=O)N2CCC(OCCOc3cccnc3)CC2)cc1. The van der Waals surface area contributed by atoms with E-state index < -0.39 is 0 Å². The number of ether oxygens (including phenoxy) is 3. The van der Waals surface area contributed by atoms with Crippen LogP contribution in [-0.2, 0) is 9.53 Å². The van der Waals surface area contributed by atoms with Crippen molar-refractivity contribution < 1.29 is 19.0 Å². The minimum absolute atomic E-state index is 0.0222. The van der Waals surface area contributed by atoms with Crippen molar-refractivity contribution in [3.8, 4) is 11.5 Å². The minimum atomic E-state index is 0.0222. The van der Waals surface area contributed by atoms with E-state index in [9.17, 15) is 4.79 Å². The predicted molar refractivity (Wildman–Crippen MR) is 102 cm³/mol. The number of aryl methyl sites for hydroxylation is 1. The molecule has 6 nitrogen and oxygen atoms in total. The van der Waals surface area contributed by atoms with Gasteiger partial charge in [0.25, 0.3) is 5.91 Å². The number of nitrogens with zero attached hydrogens (tertiary/aromatic N) is 2. The first kappa shape index (κ1) is 19.2. The summed E-state index contributed by atoms with van der Waals surface area (Å²) in [6.45, 7) is 4.52. The molecule has 144 valence electrons. The Hall–Kier alpha value is -2.60. The summed E-state index contributed by atoms with van der Waals surface area (Å²) < 4.78 is 17.0. The fraction of sp³-hybridized carbons (Fsp3) is 0.429. The normalized spacial score (nSPS) is 14.8. The third-order valence-electron chi connectivity index (χ3n) is 4.52. The van der Waals surface area contributed by atoms with Crippen LogP contribution in [0, 0.1) is 6.92 Å². The third kappa shape index (κ3) is 6.25. The molecule has 1 aromatic heterocycles. The number of hydrogen-bond acceptors (Lipinski definition) is 5. The average Bonchev–Trinajstić information content (AvgIpc) is 2.72. The molecule has 3 rings (SSSR count). The molecule has 6 heteroatoms. The number of hydrogen-bond donors (Lipinski definition) is 0. The van der Waals surface area contributed by atoms with Gasteiger partial charge in [0.05, 0.1) is 18.9 Å². The van der Waals surface area contributed by atoms with Crippen LogP contribution in [0.5, 0.6) is 11.5 Å². The van der Waals surface area contributed by atoms with Gasteiger partial charge in [-0.2, -0.15) is 0 Å². The van der Waals surface area contributed by atoms with Crippen LogP contribution in [0.3, 0.4) is 0 Å². The van der Waals surface area contributed by atoms with Gasteiger partial charge in [-0.25, -0.2) is 0 Å². The lowest BCUT2D eigenvalue weighted by Crippen LogP contribution is -2.43. The van der Waals surface area contributed by atoms with Crippen molar-refractivity contribution in [2.75, 3.05) is 32.9 Å². The maximum absolute atomic E-state index is 12.3. The van der Waals surface area contributed by atoms with E-state index in [2.05, 4.69) is 4.98 Å². The van der Waals surface area contributed by atoms with Gasteiger partial charge in [-0.3, -0.25) is 9.78 Å². The van der Waals surface area contributed by atoms with Crippen molar-refractivity contribution in [2.45, 2.75) is 25.9 Å². The number of carbonyl (C=O) groups excluding carboxylic acids is 1. The lowest BCUT2D eigenvalue weighted by molar-refractivity contribution is -0.136. The van der Waals surface area contributed by atoms with Gasteiger partial charge in [0.2, 0.25) is 0 Å². The number of likely N-dealkylation sites (tertiary alicyclic amines) is 1. The summed E-state index contributed by atoms with van der Waals surface area (Å²) in [5, 5.41) is 0. The molecule has 1 amide bonds. The molecule has 0 N–H and O–H groups in total. The van der Waals surface area contributed by atoms with Crippen molar-refractivity contribution in [3.63, 3.8) is 0 Å². The van der Waals surface area contributed by atoms with E-state index in [4.69, 9.17) is 14.2 Å². The first-order chi connectivity index (χ1) is 13.2. The third-order valence-corrected chi connectivity index (χ3v) is 4.52. The molecule has 0 aliphatic carbocycles. The topological polar surface area (TPSA) is 60.9 Å². The molecule has 1 aromatic carbocycles. The number of benzene rings is 1. The second kappa shape index (κ2) is 9.92.